The fraction of sp³-hybridized carbons (Fsp3) is 0.167. The molecule has 2 rings (SSSR count). The van der Waals surface area contributed by atoms with E-state index in [2.05, 4.69) is 25.9 Å². The van der Waals surface area contributed by atoms with E-state index in [0.29, 0.717) is 23.2 Å². The van der Waals surface area contributed by atoms with Gasteiger partial charge in [-0.05, 0) is 34.1 Å². The van der Waals surface area contributed by atoms with Crippen molar-refractivity contribution in [3.63, 3.8) is 0 Å². The highest BCUT2D eigenvalue weighted by Crippen LogP contribution is 2.31. The second-order valence-corrected chi connectivity index (χ2v) is 4.50. The summed E-state index contributed by atoms with van der Waals surface area (Å²) in [5.74, 6) is 2.08. The van der Waals surface area contributed by atoms with Crippen LogP contribution in [0.4, 0.5) is 0 Å². The maximum Gasteiger partial charge on any atom is 0.238 e. The van der Waals surface area contributed by atoms with Crippen LogP contribution in [0.3, 0.4) is 0 Å². The number of nitrogens with zero attached hydrogens (tertiary/aromatic N) is 2. The van der Waals surface area contributed by atoms with Gasteiger partial charge in [0, 0.05) is 6.20 Å². The number of rotatable bonds is 4. The van der Waals surface area contributed by atoms with Gasteiger partial charge in [0.2, 0.25) is 5.88 Å². The quantitative estimate of drug-likeness (QED) is 0.801. The minimum atomic E-state index is 0.300. The Morgan fingerprint density at radius 1 is 1.33 bits per heavy atom. The van der Waals surface area contributed by atoms with Crippen LogP contribution in [-0.4, -0.2) is 17.1 Å². The topological polar surface area (TPSA) is 44.2 Å². The standard InChI is InChI=1S/C12H10BrClN2O2/c1-17-9-2-3-11(10(13)4-9)18-12-7-15-6-8(5-14)16-12/h2-4,6-7H,5H2,1H3. The van der Waals surface area contributed by atoms with Gasteiger partial charge in [-0.15, -0.1) is 11.6 Å². The first-order chi connectivity index (χ1) is 8.72. The first-order valence-electron chi connectivity index (χ1n) is 5.11. The molecule has 1 aromatic carbocycles. The van der Waals surface area contributed by atoms with Gasteiger partial charge >= 0.3 is 0 Å². The lowest BCUT2D eigenvalue weighted by Gasteiger charge is -2.08. The summed E-state index contributed by atoms with van der Waals surface area (Å²) < 4.78 is 11.5. The molecule has 0 amide bonds. The SMILES string of the molecule is COc1ccc(Oc2cncc(CCl)n2)c(Br)c1. The molecule has 0 bridgehead atoms. The van der Waals surface area contributed by atoms with Crippen molar-refractivity contribution >= 4 is 27.5 Å². The molecule has 0 spiro atoms. The Bertz CT molecular complexity index is 551. The zero-order valence-electron chi connectivity index (χ0n) is 9.56. The second-order valence-electron chi connectivity index (χ2n) is 3.38. The van der Waals surface area contributed by atoms with Crippen molar-refractivity contribution in [3.05, 3.63) is 40.8 Å². The second kappa shape index (κ2) is 6.02. The van der Waals surface area contributed by atoms with Crippen molar-refractivity contribution in [1.82, 2.24) is 9.97 Å². The molecule has 0 aliphatic rings. The predicted octanol–water partition coefficient (Wildman–Crippen LogP) is 3.78. The van der Waals surface area contributed by atoms with Crippen molar-refractivity contribution in [1.29, 1.82) is 0 Å². The lowest BCUT2D eigenvalue weighted by molar-refractivity contribution is 0.411. The molecule has 18 heavy (non-hydrogen) atoms. The van der Waals surface area contributed by atoms with Gasteiger partial charge in [-0.2, -0.15) is 0 Å². The Balaban J connectivity index is 2.22. The maximum absolute atomic E-state index is 5.69. The zero-order valence-corrected chi connectivity index (χ0v) is 11.9. The van der Waals surface area contributed by atoms with Crippen molar-refractivity contribution in [2.24, 2.45) is 0 Å². The summed E-state index contributed by atoms with van der Waals surface area (Å²) in [6, 6.07) is 5.41. The van der Waals surface area contributed by atoms with Gasteiger partial charge in [0.05, 0.1) is 29.4 Å². The van der Waals surface area contributed by atoms with Gasteiger partial charge < -0.3 is 9.47 Å². The van der Waals surface area contributed by atoms with Gasteiger partial charge in [0.25, 0.3) is 0 Å². The molecule has 6 heteroatoms. The number of aromatic nitrogens is 2. The van der Waals surface area contributed by atoms with E-state index in [0.717, 1.165) is 10.2 Å². The molecule has 0 N–H and O–H groups in total. The third-order valence-corrected chi connectivity index (χ3v) is 3.05. The van der Waals surface area contributed by atoms with Gasteiger partial charge in [0.15, 0.2) is 0 Å². The first-order valence-corrected chi connectivity index (χ1v) is 6.44. The van der Waals surface area contributed by atoms with Gasteiger partial charge in [-0.25, -0.2) is 4.98 Å². The average Bonchev–Trinajstić information content (AvgIpc) is 2.41. The summed E-state index contributed by atoms with van der Waals surface area (Å²) in [6.45, 7) is 0. The third-order valence-electron chi connectivity index (χ3n) is 2.15. The van der Waals surface area contributed by atoms with Crippen LogP contribution in [0.2, 0.25) is 0 Å². The summed E-state index contributed by atoms with van der Waals surface area (Å²) >= 11 is 9.09. The van der Waals surface area contributed by atoms with E-state index >= 15 is 0 Å². The summed E-state index contributed by atoms with van der Waals surface area (Å²) in [7, 11) is 1.61. The van der Waals surface area contributed by atoms with Crippen LogP contribution in [0.5, 0.6) is 17.4 Å². The Kier molecular flexibility index (Phi) is 4.38. The fourth-order valence-corrected chi connectivity index (χ4v) is 1.87. The molecule has 1 heterocycles. The minimum absolute atomic E-state index is 0.300. The highest BCUT2D eigenvalue weighted by atomic mass is 79.9. The maximum atomic E-state index is 5.69. The Hall–Kier alpha value is -1.33. The summed E-state index contributed by atoms with van der Waals surface area (Å²) in [5, 5.41) is 0. The lowest BCUT2D eigenvalue weighted by atomic mass is 10.3. The van der Waals surface area contributed by atoms with Gasteiger partial charge in [-0.1, -0.05) is 0 Å². The minimum Gasteiger partial charge on any atom is -0.497 e. The molecule has 0 atom stereocenters. The predicted molar refractivity (Wildman–Crippen MR) is 72.4 cm³/mol. The summed E-state index contributed by atoms with van der Waals surface area (Å²) in [5.41, 5.74) is 0.666. The highest BCUT2D eigenvalue weighted by Gasteiger charge is 2.06. The molecule has 0 saturated carbocycles. The molecular weight excluding hydrogens is 320 g/mol. The number of ether oxygens (including phenoxy) is 2. The van der Waals surface area contributed by atoms with Crippen LogP contribution in [0.15, 0.2) is 35.1 Å². The fourth-order valence-electron chi connectivity index (χ4n) is 1.30. The molecule has 0 saturated heterocycles. The van der Waals surface area contributed by atoms with E-state index in [1.165, 1.54) is 6.20 Å². The van der Waals surface area contributed by atoms with E-state index in [1.807, 2.05) is 6.07 Å². The number of methoxy groups -OCH3 is 1. The monoisotopic (exact) mass is 328 g/mol. The summed E-state index contributed by atoms with van der Waals surface area (Å²) in [6.07, 6.45) is 3.13. The van der Waals surface area contributed by atoms with Crippen LogP contribution < -0.4 is 9.47 Å². The van der Waals surface area contributed by atoms with Crippen LogP contribution in [-0.2, 0) is 5.88 Å². The van der Waals surface area contributed by atoms with Crippen LogP contribution in [0.1, 0.15) is 5.69 Å². The van der Waals surface area contributed by atoms with Gasteiger partial charge in [-0.3, -0.25) is 4.98 Å². The van der Waals surface area contributed by atoms with Crippen molar-refractivity contribution < 1.29 is 9.47 Å². The molecule has 94 valence electrons. The molecule has 0 fully saturated rings. The first kappa shape index (κ1) is 13.1. The smallest absolute Gasteiger partial charge is 0.238 e. The van der Waals surface area contributed by atoms with Gasteiger partial charge in [0.1, 0.15) is 11.5 Å². The molecule has 1 aromatic heterocycles. The van der Waals surface area contributed by atoms with Crippen molar-refractivity contribution in [2.75, 3.05) is 7.11 Å². The summed E-state index contributed by atoms with van der Waals surface area (Å²) in [4.78, 5) is 8.20. The van der Waals surface area contributed by atoms with Crippen LogP contribution in [0.25, 0.3) is 0 Å². The molecule has 0 aliphatic carbocycles. The Morgan fingerprint density at radius 2 is 2.17 bits per heavy atom. The van der Waals surface area contributed by atoms with Crippen molar-refractivity contribution in [2.45, 2.75) is 5.88 Å². The Morgan fingerprint density at radius 3 is 2.83 bits per heavy atom. The molecular formula is C12H10BrClN2O2. The Labute approximate surface area is 118 Å². The highest BCUT2D eigenvalue weighted by molar-refractivity contribution is 9.10. The number of hydrogen-bond donors (Lipinski definition) is 0. The molecule has 0 unspecified atom stereocenters. The molecule has 4 nitrogen and oxygen atoms in total. The van der Waals surface area contributed by atoms with Crippen LogP contribution in [0, 0.1) is 0 Å². The van der Waals surface area contributed by atoms with E-state index in [1.54, 1.807) is 25.4 Å². The molecule has 0 aliphatic heterocycles. The van der Waals surface area contributed by atoms with Crippen molar-refractivity contribution in [3.8, 4) is 17.4 Å². The number of halogens is 2. The largest absolute Gasteiger partial charge is 0.497 e. The third kappa shape index (κ3) is 3.11. The van der Waals surface area contributed by atoms with Crippen LogP contribution >= 0.6 is 27.5 Å². The van der Waals surface area contributed by atoms with E-state index in [9.17, 15) is 0 Å². The van der Waals surface area contributed by atoms with E-state index in [-0.39, 0.29) is 0 Å². The van der Waals surface area contributed by atoms with E-state index in [4.69, 9.17) is 21.1 Å². The van der Waals surface area contributed by atoms with E-state index < -0.39 is 0 Å². The molecule has 0 radical (unpaired) electrons. The molecule has 2 aromatic rings. The number of benzene rings is 1. The number of alkyl halides is 1. The zero-order chi connectivity index (χ0) is 13.0. The average molecular weight is 330 g/mol. The lowest BCUT2D eigenvalue weighted by Crippen LogP contribution is -1.94. The normalized spacial score (nSPS) is 10.2. The number of hydrogen-bond acceptors (Lipinski definition) is 4.